The predicted octanol–water partition coefficient (Wildman–Crippen LogP) is 12.4. The Bertz CT molecular complexity index is 3140. The lowest BCUT2D eigenvalue weighted by Gasteiger charge is -2.28. The van der Waals surface area contributed by atoms with Gasteiger partial charge in [0, 0.05) is 30.6 Å². The van der Waals surface area contributed by atoms with Gasteiger partial charge in [-0.05, 0) is 125 Å². The number of hydrogen-bond acceptors (Lipinski definition) is 13. The Morgan fingerprint density at radius 3 is 2.23 bits per heavy atom. The number of halogens is 2. The van der Waals surface area contributed by atoms with Crippen LogP contribution in [-0.2, 0) is 40.2 Å². The van der Waals surface area contributed by atoms with Gasteiger partial charge in [0.05, 0.1) is 53.1 Å². The number of benzene rings is 5. The van der Waals surface area contributed by atoms with E-state index in [9.17, 15) is 23.6 Å². The number of nitrogens with one attached hydrogen (secondary N) is 3. The number of methoxy groups -OCH3 is 2. The summed E-state index contributed by atoms with van der Waals surface area (Å²) >= 11 is 10.7. The molecule has 3 N–H and O–H groups in total. The maximum Gasteiger partial charge on any atom is 0.265 e. The number of rotatable bonds is 18. The molecular formula is C58H63ClFN5O9S3. The summed E-state index contributed by atoms with van der Waals surface area (Å²) < 4.78 is 42.9. The topological polar surface area (TPSA) is 167 Å². The number of hydrogen-bond donors (Lipinski definition) is 3. The second-order valence-electron chi connectivity index (χ2n) is 17.6. The van der Waals surface area contributed by atoms with Crippen LogP contribution in [0.1, 0.15) is 78.9 Å². The highest BCUT2D eigenvalue weighted by Gasteiger charge is 2.28. The van der Waals surface area contributed by atoms with Crippen LogP contribution in [0.2, 0.25) is 5.02 Å². The Morgan fingerprint density at radius 1 is 0.779 bits per heavy atom. The van der Waals surface area contributed by atoms with Crippen molar-refractivity contribution in [2.24, 2.45) is 0 Å². The number of carbonyl (C=O) groups is 4. The molecule has 9 rings (SSSR count). The van der Waals surface area contributed by atoms with Gasteiger partial charge in [-0.25, -0.2) is 9.37 Å². The maximum absolute atomic E-state index is 13.7. The molecule has 5 aromatic carbocycles. The molecule has 77 heavy (non-hydrogen) atoms. The Balaban J connectivity index is 0.000000168. The number of fused-ring (bicyclic) bond motifs is 3. The van der Waals surface area contributed by atoms with Crippen LogP contribution in [-0.4, -0.2) is 85.4 Å². The van der Waals surface area contributed by atoms with Gasteiger partial charge in [0.2, 0.25) is 5.91 Å². The van der Waals surface area contributed by atoms with Gasteiger partial charge in [0.1, 0.15) is 28.0 Å². The van der Waals surface area contributed by atoms with Gasteiger partial charge in [0.15, 0.2) is 28.1 Å². The smallest absolute Gasteiger partial charge is 0.265 e. The minimum absolute atomic E-state index is 0.0228. The molecule has 14 nitrogen and oxygen atoms in total. The monoisotopic (exact) mass is 1120 g/mol. The van der Waals surface area contributed by atoms with E-state index in [2.05, 4.69) is 39.1 Å². The van der Waals surface area contributed by atoms with E-state index in [4.69, 9.17) is 35.3 Å². The second kappa shape index (κ2) is 28.5. The third-order valence-electron chi connectivity index (χ3n) is 12.4. The fourth-order valence-electron chi connectivity index (χ4n) is 8.42. The molecule has 3 heterocycles. The fraction of sp³-hybridized carbons (Fsp3) is 0.328. The number of ether oxygens (including phenoxy) is 5. The normalized spacial score (nSPS) is 13.2. The van der Waals surface area contributed by atoms with Gasteiger partial charge in [-0.3, -0.25) is 19.2 Å². The third-order valence-corrected chi connectivity index (χ3v) is 16.0. The van der Waals surface area contributed by atoms with Gasteiger partial charge in [-0.1, -0.05) is 84.9 Å². The highest BCUT2D eigenvalue weighted by molar-refractivity contribution is 8.01. The van der Waals surface area contributed by atoms with Gasteiger partial charge < -0.3 is 44.5 Å². The van der Waals surface area contributed by atoms with E-state index in [-0.39, 0.29) is 23.5 Å². The second-order valence-corrected chi connectivity index (χ2v) is 21.4. The van der Waals surface area contributed by atoms with E-state index in [0.717, 1.165) is 69.4 Å². The first-order chi connectivity index (χ1) is 37.3. The standard InChI is InChI=1S/C20H23FN2O3S.C20H20N2O2S2.C18H20ClNO4/c1-3-22-19(25)17-13-8-4-7-11-16(13)27-20(17)23-18(24)12(2)26-15-10-6-5-9-14(15)21;1-2-24-16-7-8-17-18(11-16)26-20(21-17)25-13-19(23)22-10-9-14-5-3-4-6-15(14)12-22;1-4-15(24-12-8-6-5-7-9-12)18(21)20-14-10-13(19)16(22-2)11-17(14)23-3/h5-6,9-10,12H,3-4,7-8,11H2,1-2H3,(H,22,25)(H,23,24);3-8,11H,2,9-10,12-13H2,1H3;5-11,15H,4H2,1-3H3,(H,20,21). The Kier molecular flexibility index (Phi) is 21.4. The summed E-state index contributed by atoms with van der Waals surface area (Å²) in [6, 6.07) is 32.7. The van der Waals surface area contributed by atoms with Crippen LogP contribution in [0.4, 0.5) is 15.1 Å². The Morgan fingerprint density at radius 2 is 1.51 bits per heavy atom. The number of thioether (sulfide) groups is 1. The first kappa shape index (κ1) is 57.8. The minimum atomic E-state index is -0.900. The van der Waals surface area contributed by atoms with E-state index in [1.807, 2.05) is 68.1 Å². The molecule has 2 unspecified atom stereocenters. The van der Waals surface area contributed by atoms with Crippen LogP contribution in [0.15, 0.2) is 114 Å². The molecule has 1 aliphatic carbocycles. The van der Waals surface area contributed by atoms with E-state index in [0.29, 0.717) is 70.4 Å². The van der Waals surface area contributed by atoms with Crippen molar-refractivity contribution in [3.8, 4) is 28.7 Å². The van der Waals surface area contributed by atoms with Crippen molar-refractivity contribution in [3.63, 3.8) is 0 Å². The van der Waals surface area contributed by atoms with Crippen molar-refractivity contribution in [1.82, 2.24) is 15.2 Å². The first-order valence-corrected chi connectivity index (χ1v) is 28.4. The highest BCUT2D eigenvalue weighted by atomic mass is 35.5. The average Bonchev–Trinajstić information content (AvgIpc) is 4.03. The molecule has 2 atom stereocenters. The SMILES string of the molecule is CCC(Oc1ccccc1)C(=O)Nc1cc(Cl)c(OC)cc1OC.CCNC(=O)c1c(NC(=O)C(C)Oc2ccccc2F)sc2c1CCCC2.CCOc1ccc2nc(SCC(=O)N3CCc4ccccc4C3)sc2c1. The van der Waals surface area contributed by atoms with Crippen LogP contribution < -0.4 is 39.6 Å². The summed E-state index contributed by atoms with van der Waals surface area (Å²) in [5, 5.41) is 9.36. The van der Waals surface area contributed by atoms with Crippen molar-refractivity contribution in [2.45, 2.75) is 89.3 Å². The summed E-state index contributed by atoms with van der Waals surface area (Å²) in [4.78, 5) is 58.0. The average molecular weight is 1120 g/mol. The summed E-state index contributed by atoms with van der Waals surface area (Å²) in [7, 11) is 3.02. The number of nitrogens with zero attached hydrogens (tertiary/aromatic N) is 2. The lowest BCUT2D eigenvalue weighted by molar-refractivity contribution is -0.129. The first-order valence-electron chi connectivity index (χ1n) is 25.4. The van der Waals surface area contributed by atoms with E-state index in [1.54, 1.807) is 54.7 Å². The molecule has 0 bridgehead atoms. The van der Waals surface area contributed by atoms with Crippen LogP contribution in [0.5, 0.6) is 28.7 Å². The van der Waals surface area contributed by atoms with E-state index < -0.39 is 23.9 Å². The van der Waals surface area contributed by atoms with Crippen molar-refractivity contribution >= 4 is 90.6 Å². The number of thiazole rings is 1. The zero-order chi connectivity index (χ0) is 54.8. The maximum atomic E-state index is 13.7. The van der Waals surface area contributed by atoms with Crippen LogP contribution in [0, 0.1) is 5.82 Å². The Hall–Kier alpha value is -6.86. The van der Waals surface area contributed by atoms with Gasteiger partial charge in [-0.2, -0.15) is 0 Å². The number of para-hydroxylation sites is 2. The number of aryl methyl sites for hydroxylation is 1. The number of carbonyl (C=O) groups excluding carboxylic acids is 4. The Labute approximate surface area is 466 Å². The van der Waals surface area contributed by atoms with Crippen LogP contribution in [0.25, 0.3) is 10.2 Å². The van der Waals surface area contributed by atoms with Crippen molar-refractivity contribution in [1.29, 1.82) is 0 Å². The molecule has 7 aromatic rings. The van der Waals surface area contributed by atoms with Crippen LogP contribution in [0.3, 0.4) is 0 Å². The molecule has 0 radical (unpaired) electrons. The largest absolute Gasteiger partial charge is 0.495 e. The molecule has 19 heteroatoms. The minimum Gasteiger partial charge on any atom is -0.495 e. The van der Waals surface area contributed by atoms with Gasteiger partial charge in [-0.15, -0.1) is 22.7 Å². The molecule has 406 valence electrons. The predicted molar refractivity (Wildman–Crippen MR) is 305 cm³/mol. The molecular weight excluding hydrogens is 1060 g/mol. The lowest BCUT2D eigenvalue weighted by atomic mass is 9.95. The molecule has 4 amide bonds. The van der Waals surface area contributed by atoms with E-state index in [1.165, 1.54) is 60.6 Å². The van der Waals surface area contributed by atoms with Crippen molar-refractivity contribution < 1.29 is 47.3 Å². The zero-order valence-electron chi connectivity index (χ0n) is 43.9. The molecule has 2 aromatic heterocycles. The zero-order valence-corrected chi connectivity index (χ0v) is 47.1. The number of anilines is 2. The van der Waals surface area contributed by atoms with Crippen molar-refractivity contribution in [2.75, 3.05) is 50.3 Å². The number of aromatic nitrogens is 1. The summed E-state index contributed by atoms with van der Waals surface area (Å²) in [6.07, 6.45) is 3.82. The molecule has 0 saturated carbocycles. The third kappa shape index (κ3) is 15.6. The summed E-state index contributed by atoms with van der Waals surface area (Å²) in [5.74, 6) is 1.68. The quantitative estimate of drug-likeness (QED) is 0.0700. The van der Waals surface area contributed by atoms with Crippen LogP contribution >= 0.6 is 46.0 Å². The summed E-state index contributed by atoms with van der Waals surface area (Å²) in [6.45, 7) is 9.96. The lowest BCUT2D eigenvalue weighted by Crippen LogP contribution is -2.37. The van der Waals surface area contributed by atoms with Gasteiger partial charge >= 0.3 is 0 Å². The molecule has 0 saturated heterocycles. The summed E-state index contributed by atoms with van der Waals surface area (Å²) in [5.41, 5.74) is 5.64. The van der Waals surface area contributed by atoms with E-state index >= 15 is 0 Å². The highest BCUT2D eigenvalue weighted by Crippen LogP contribution is 2.39. The molecule has 2 aliphatic rings. The fourth-order valence-corrected chi connectivity index (χ4v) is 12.0. The molecule has 0 spiro atoms. The van der Waals surface area contributed by atoms with Gasteiger partial charge in [0.25, 0.3) is 17.7 Å². The molecule has 1 aliphatic heterocycles. The van der Waals surface area contributed by atoms with Crippen molar-refractivity contribution in [3.05, 3.63) is 147 Å². The number of amides is 4. The molecule has 0 fully saturated rings. The number of thiophene rings is 1.